The van der Waals surface area contributed by atoms with Gasteiger partial charge in [-0.2, -0.15) is 0 Å². The predicted octanol–water partition coefficient (Wildman–Crippen LogP) is 2.77. The molecule has 1 N–H and O–H groups in total. The number of phenols is 1. The SMILES string of the molecule is COC(=O)c1ccco1.Cc1ccc(O)cc1. The lowest BCUT2D eigenvalue weighted by atomic mass is 10.2. The van der Waals surface area contributed by atoms with Gasteiger partial charge in [0.25, 0.3) is 0 Å². The Morgan fingerprint density at radius 3 is 2.29 bits per heavy atom. The first-order chi connectivity index (χ1) is 8.13. The van der Waals surface area contributed by atoms with Crippen LogP contribution in [-0.2, 0) is 4.74 Å². The zero-order chi connectivity index (χ0) is 12.7. The topological polar surface area (TPSA) is 59.7 Å². The average molecular weight is 234 g/mol. The van der Waals surface area contributed by atoms with Crippen molar-refractivity contribution in [3.63, 3.8) is 0 Å². The van der Waals surface area contributed by atoms with Crippen LogP contribution in [0.25, 0.3) is 0 Å². The van der Waals surface area contributed by atoms with Crippen LogP contribution in [0, 0.1) is 6.92 Å². The van der Waals surface area contributed by atoms with Crippen LogP contribution in [0.2, 0.25) is 0 Å². The van der Waals surface area contributed by atoms with E-state index in [2.05, 4.69) is 4.74 Å². The van der Waals surface area contributed by atoms with Crippen LogP contribution >= 0.6 is 0 Å². The van der Waals surface area contributed by atoms with Gasteiger partial charge in [0.05, 0.1) is 13.4 Å². The number of aromatic hydroxyl groups is 1. The summed E-state index contributed by atoms with van der Waals surface area (Å²) >= 11 is 0. The van der Waals surface area contributed by atoms with Gasteiger partial charge in [-0.3, -0.25) is 0 Å². The molecule has 0 fully saturated rings. The summed E-state index contributed by atoms with van der Waals surface area (Å²) in [6.07, 6.45) is 1.42. The normalized spacial score (nSPS) is 9.06. The third-order valence-electron chi connectivity index (χ3n) is 1.94. The summed E-state index contributed by atoms with van der Waals surface area (Å²) in [6.45, 7) is 1.99. The molecule has 2 rings (SSSR count). The zero-order valence-corrected chi connectivity index (χ0v) is 9.71. The number of aryl methyl sites for hydroxylation is 1. The molecule has 0 aliphatic carbocycles. The van der Waals surface area contributed by atoms with Crippen molar-refractivity contribution in [2.24, 2.45) is 0 Å². The van der Waals surface area contributed by atoms with Crippen molar-refractivity contribution in [2.45, 2.75) is 6.92 Å². The highest BCUT2D eigenvalue weighted by Gasteiger charge is 2.05. The Kier molecular flexibility index (Phi) is 4.81. The van der Waals surface area contributed by atoms with Crippen molar-refractivity contribution in [3.8, 4) is 5.75 Å². The number of furan rings is 1. The fourth-order valence-corrected chi connectivity index (χ4v) is 1.04. The second-order valence-corrected chi connectivity index (χ2v) is 3.30. The Hall–Kier alpha value is -2.23. The number of hydrogen-bond acceptors (Lipinski definition) is 4. The molecule has 0 atom stereocenters. The molecule has 1 heterocycles. The lowest BCUT2D eigenvalue weighted by Gasteiger charge is -1.89. The molecule has 17 heavy (non-hydrogen) atoms. The maximum Gasteiger partial charge on any atom is 0.373 e. The standard InChI is InChI=1S/C7H8O.C6H6O3/c1-6-2-4-7(8)5-3-6;1-8-6(7)5-3-2-4-9-5/h2-5,8H,1H3;2-4H,1H3. The van der Waals surface area contributed by atoms with E-state index in [0.29, 0.717) is 5.75 Å². The van der Waals surface area contributed by atoms with E-state index in [1.807, 2.05) is 19.1 Å². The smallest absolute Gasteiger partial charge is 0.373 e. The highest BCUT2D eigenvalue weighted by atomic mass is 16.5. The molecule has 1 aromatic carbocycles. The Bertz CT molecular complexity index is 422. The third-order valence-corrected chi connectivity index (χ3v) is 1.94. The number of rotatable bonds is 1. The van der Waals surface area contributed by atoms with Crippen LogP contribution in [-0.4, -0.2) is 18.2 Å². The number of ether oxygens (including phenoxy) is 1. The van der Waals surface area contributed by atoms with Gasteiger partial charge < -0.3 is 14.3 Å². The lowest BCUT2D eigenvalue weighted by molar-refractivity contribution is 0.0565. The van der Waals surface area contributed by atoms with Crippen molar-refractivity contribution in [1.29, 1.82) is 0 Å². The van der Waals surface area contributed by atoms with Gasteiger partial charge in [-0.1, -0.05) is 17.7 Å². The van der Waals surface area contributed by atoms with Crippen LogP contribution in [0.1, 0.15) is 16.1 Å². The minimum Gasteiger partial charge on any atom is -0.508 e. The van der Waals surface area contributed by atoms with E-state index in [1.54, 1.807) is 24.3 Å². The maximum absolute atomic E-state index is 10.6. The van der Waals surface area contributed by atoms with Gasteiger partial charge in [0.15, 0.2) is 0 Å². The fraction of sp³-hybridized carbons (Fsp3) is 0.154. The first kappa shape index (κ1) is 12.8. The van der Waals surface area contributed by atoms with Crippen molar-refractivity contribution in [2.75, 3.05) is 7.11 Å². The summed E-state index contributed by atoms with van der Waals surface area (Å²) in [7, 11) is 1.31. The Balaban J connectivity index is 0.000000171. The van der Waals surface area contributed by atoms with Gasteiger partial charge in [0.1, 0.15) is 5.75 Å². The molecule has 0 unspecified atom stereocenters. The molecule has 0 spiro atoms. The molecule has 0 amide bonds. The van der Waals surface area contributed by atoms with Gasteiger partial charge in [-0.05, 0) is 31.2 Å². The summed E-state index contributed by atoms with van der Waals surface area (Å²) in [5.74, 6) is 0.119. The Morgan fingerprint density at radius 1 is 1.24 bits per heavy atom. The van der Waals surface area contributed by atoms with E-state index in [9.17, 15) is 4.79 Å². The van der Waals surface area contributed by atoms with Crippen molar-refractivity contribution in [3.05, 3.63) is 54.0 Å². The number of phenolic OH excluding ortho intramolecular Hbond substituents is 1. The highest BCUT2D eigenvalue weighted by molar-refractivity contribution is 5.85. The summed E-state index contributed by atoms with van der Waals surface area (Å²) in [5, 5.41) is 8.76. The minimum atomic E-state index is -0.444. The molecule has 0 aliphatic rings. The van der Waals surface area contributed by atoms with Crippen LogP contribution in [0.3, 0.4) is 0 Å². The number of methoxy groups -OCH3 is 1. The minimum absolute atomic E-state index is 0.234. The fourth-order valence-electron chi connectivity index (χ4n) is 1.04. The second kappa shape index (κ2) is 6.37. The first-order valence-electron chi connectivity index (χ1n) is 5.01. The van der Waals surface area contributed by atoms with E-state index in [4.69, 9.17) is 9.52 Å². The monoisotopic (exact) mass is 234 g/mol. The molecule has 2 aromatic rings. The summed E-state index contributed by atoms with van der Waals surface area (Å²) < 4.78 is 9.07. The summed E-state index contributed by atoms with van der Waals surface area (Å²) in [6, 6.07) is 10.3. The molecule has 0 aliphatic heterocycles. The molecular formula is C13H14O4. The predicted molar refractivity (Wildman–Crippen MR) is 62.9 cm³/mol. The lowest BCUT2D eigenvalue weighted by Crippen LogP contribution is -1.97. The highest BCUT2D eigenvalue weighted by Crippen LogP contribution is 2.07. The summed E-state index contributed by atoms with van der Waals surface area (Å²) in [5.41, 5.74) is 1.17. The van der Waals surface area contributed by atoms with Crippen LogP contribution in [0.5, 0.6) is 5.75 Å². The van der Waals surface area contributed by atoms with E-state index in [0.717, 1.165) is 0 Å². The summed E-state index contributed by atoms with van der Waals surface area (Å²) in [4.78, 5) is 10.6. The number of benzene rings is 1. The number of hydrogen-bond donors (Lipinski definition) is 1. The molecule has 1 aromatic heterocycles. The molecular weight excluding hydrogens is 220 g/mol. The largest absolute Gasteiger partial charge is 0.508 e. The van der Waals surface area contributed by atoms with Crippen molar-refractivity contribution >= 4 is 5.97 Å². The quantitative estimate of drug-likeness (QED) is 0.771. The zero-order valence-electron chi connectivity index (χ0n) is 9.71. The molecule has 4 nitrogen and oxygen atoms in total. The molecule has 0 bridgehead atoms. The van der Waals surface area contributed by atoms with Crippen LogP contribution in [0.4, 0.5) is 0 Å². The molecule has 0 radical (unpaired) electrons. The van der Waals surface area contributed by atoms with E-state index in [-0.39, 0.29) is 5.76 Å². The Morgan fingerprint density at radius 2 is 1.88 bits per heavy atom. The Labute approximate surface area is 99.5 Å². The van der Waals surface area contributed by atoms with Gasteiger partial charge in [0.2, 0.25) is 5.76 Å². The van der Waals surface area contributed by atoms with Gasteiger partial charge in [-0.15, -0.1) is 0 Å². The third kappa shape index (κ3) is 4.42. The van der Waals surface area contributed by atoms with Gasteiger partial charge >= 0.3 is 5.97 Å². The molecule has 4 heteroatoms. The van der Waals surface area contributed by atoms with Crippen LogP contribution < -0.4 is 0 Å². The average Bonchev–Trinajstić information content (AvgIpc) is 2.86. The van der Waals surface area contributed by atoms with Gasteiger partial charge in [0, 0.05) is 0 Å². The van der Waals surface area contributed by atoms with E-state index < -0.39 is 5.97 Å². The molecule has 0 saturated heterocycles. The first-order valence-corrected chi connectivity index (χ1v) is 5.01. The maximum atomic E-state index is 10.6. The number of carbonyl (C=O) groups is 1. The molecule has 0 saturated carbocycles. The molecule has 90 valence electrons. The van der Waals surface area contributed by atoms with E-state index >= 15 is 0 Å². The second-order valence-electron chi connectivity index (χ2n) is 3.30. The number of carbonyl (C=O) groups excluding carboxylic acids is 1. The number of esters is 1. The van der Waals surface area contributed by atoms with Gasteiger partial charge in [-0.25, -0.2) is 4.79 Å². The van der Waals surface area contributed by atoms with Crippen molar-refractivity contribution in [1.82, 2.24) is 0 Å². The van der Waals surface area contributed by atoms with Crippen LogP contribution in [0.15, 0.2) is 47.1 Å². The van der Waals surface area contributed by atoms with E-state index in [1.165, 1.54) is 18.9 Å². The van der Waals surface area contributed by atoms with Crippen molar-refractivity contribution < 1.29 is 19.1 Å².